The van der Waals surface area contributed by atoms with E-state index in [0.717, 1.165) is 0 Å². The molecule has 0 saturated heterocycles. The van der Waals surface area contributed by atoms with E-state index in [1.54, 1.807) is 23.2 Å². The SMILES string of the molecule is CCC(CC(=O)O)Nc1ccnc(C(=O)N(CC)CC)c1. The average molecular weight is 293 g/mol. The van der Waals surface area contributed by atoms with Gasteiger partial charge in [0.2, 0.25) is 0 Å². The number of aliphatic carboxylic acids is 1. The number of carbonyl (C=O) groups is 2. The Bertz CT molecular complexity index is 487. The van der Waals surface area contributed by atoms with Gasteiger partial charge in [-0.2, -0.15) is 0 Å². The third-order valence-corrected chi connectivity index (χ3v) is 3.31. The lowest BCUT2D eigenvalue weighted by Gasteiger charge is -2.19. The number of nitrogens with zero attached hydrogens (tertiary/aromatic N) is 2. The van der Waals surface area contributed by atoms with E-state index in [2.05, 4.69) is 10.3 Å². The highest BCUT2D eigenvalue weighted by Gasteiger charge is 2.15. The van der Waals surface area contributed by atoms with E-state index in [1.165, 1.54) is 0 Å². The Kier molecular flexibility index (Phi) is 6.65. The summed E-state index contributed by atoms with van der Waals surface area (Å²) in [6.45, 7) is 7.02. The fraction of sp³-hybridized carbons (Fsp3) is 0.533. The van der Waals surface area contributed by atoms with Crippen molar-refractivity contribution in [3.8, 4) is 0 Å². The van der Waals surface area contributed by atoms with Crippen molar-refractivity contribution in [2.45, 2.75) is 39.7 Å². The summed E-state index contributed by atoms with van der Waals surface area (Å²) in [5, 5.41) is 12.0. The van der Waals surface area contributed by atoms with Crippen LogP contribution in [0, 0.1) is 0 Å². The van der Waals surface area contributed by atoms with Crippen LogP contribution in [0.15, 0.2) is 18.3 Å². The quantitative estimate of drug-likeness (QED) is 0.768. The summed E-state index contributed by atoms with van der Waals surface area (Å²) in [7, 11) is 0. The van der Waals surface area contributed by atoms with Crippen LogP contribution in [0.5, 0.6) is 0 Å². The van der Waals surface area contributed by atoms with Crippen molar-refractivity contribution in [2.75, 3.05) is 18.4 Å². The maximum atomic E-state index is 12.2. The topological polar surface area (TPSA) is 82.5 Å². The summed E-state index contributed by atoms with van der Waals surface area (Å²) in [6.07, 6.45) is 2.29. The maximum absolute atomic E-state index is 12.2. The molecule has 21 heavy (non-hydrogen) atoms. The van der Waals surface area contributed by atoms with Crippen LogP contribution < -0.4 is 5.32 Å². The van der Waals surface area contributed by atoms with E-state index in [-0.39, 0.29) is 18.4 Å². The molecule has 116 valence electrons. The van der Waals surface area contributed by atoms with E-state index < -0.39 is 5.97 Å². The number of rotatable bonds is 8. The van der Waals surface area contributed by atoms with Crippen molar-refractivity contribution in [3.63, 3.8) is 0 Å². The molecular formula is C15H23N3O3. The van der Waals surface area contributed by atoms with Gasteiger partial charge in [-0.3, -0.25) is 14.6 Å². The first-order valence-electron chi connectivity index (χ1n) is 7.25. The number of carbonyl (C=O) groups excluding carboxylic acids is 1. The van der Waals surface area contributed by atoms with Crippen LogP contribution in [0.25, 0.3) is 0 Å². The van der Waals surface area contributed by atoms with Crippen molar-refractivity contribution in [3.05, 3.63) is 24.0 Å². The van der Waals surface area contributed by atoms with Crippen LogP contribution in [0.1, 0.15) is 44.1 Å². The Labute approximate surface area is 125 Å². The zero-order valence-electron chi connectivity index (χ0n) is 12.8. The molecule has 1 aromatic rings. The number of anilines is 1. The molecule has 0 aliphatic carbocycles. The average Bonchev–Trinajstić information content (AvgIpc) is 2.47. The molecule has 0 saturated carbocycles. The lowest BCUT2D eigenvalue weighted by atomic mass is 10.1. The van der Waals surface area contributed by atoms with Crippen molar-refractivity contribution in [1.29, 1.82) is 0 Å². The number of hydrogen-bond donors (Lipinski definition) is 2. The largest absolute Gasteiger partial charge is 0.481 e. The second kappa shape index (κ2) is 8.24. The minimum absolute atomic E-state index is 0.0398. The molecule has 0 bridgehead atoms. The van der Waals surface area contributed by atoms with E-state index in [1.807, 2.05) is 20.8 Å². The first-order chi connectivity index (χ1) is 10.0. The second-order valence-electron chi connectivity index (χ2n) is 4.75. The van der Waals surface area contributed by atoms with Gasteiger partial charge >= 0.3 is 5.97 Å². The highest BCUT2D eigenvalue weighted by Crippen LogP contribution is 2.14. The Morgan fingerprint density at radius 1 is 1.33 bits per heavy atom. The molecule has 0 aliphatic heterocycles. The first kappa shape index (κ1) is 16.9. The van der Waals surface area contributed by atoms with Crippen LogP contribution in [-0.2, 0) is 4.79 Å². The smallest absolute Gasteiger partial charge is 0.305 e. The third kappa shape index (κ3) is 5.06. The molecule has 1 atom stereocenters. The lowest BCUT2D eigenvalue weighted by Crippen LogP contribution is -2.31. The molecule has 6 heteroatoms. The highest BCUT2D eigenvalue weighted by molar-refractivity contribution is 5.93. The van der Waals surface area contributed by atoms with Gasteiger partial charge in [0.05, 0.1) is 6.42 Å². The molecule has 1 aromatic heterocycles. The molecule has 0 spiro atoms. The number of pyridine rings is 1. The number of hydrogen-bond acceptors (Lipinski definition) is 4. The highest BCUT2D eigenvalue weighted by atomic mass is 16.4. The molecule has 1 rings (SSSR count). The molecule has 0 radical (unpaired) electrons. The maximum Gasteiger partial charge on any atom is 0.305 e. The van der Waals surface area contributed by atoms with Gasteiger partial charge in [-0.05, 0) is 32.4 Å². The van der Waals surface area contributed by atoms with E-state index in [9.17, 15) is 9.59 Å². The van der Waals surface area contributed by atoms with Gasteiger partial charge in [0, 0.05) is 31.0 Å². The minimum Gasteiger partial charge on any atom is -0.481 e. The molecule has 1 unspecified atom stereocenters. The predicted molar refractivity (Wildman–Crippen MR) is 81.4 cm³/mol. The summed E-state index contributed by atoms with van der Waals surface area (Å²) in [4.78, 5) is 28.8. The molecule has 6 nitrogen and oxygen atoms in total. The Balaban J connectivity index is 2.84. The summed E-state index contributed by atoms with van der Waals surface area (Å²) in [5.74, 6) is -0.960. The van der Waals surface area contributed by atoms with Crippen LogP contribution in [-0.4, -0.2) is 46.0 Å². The van der Waals surface area contributed by atoms with Crippen LogP contribution in [0.3, 0.4) is 0 Å². The second-order valence-corrected chi connectivity index (χ2v) is 4.75. The number of amides is 1. The van der Waals surface area contributed by atoms with Crippen LogP contribution >= 0.6 is 0 Å². The summed E-state index contributed by atoms with van der Waals surface area (Å²) in [5.41, 5.74) is 1.09. The molecule has 2 N–H and O–H groups in total. The van der Waals surface area contributed by atoms with Crippen LogP contribution in [0.2, 0.25) is 0 Å². The molecule has 1 amide bonds. The van der Waals surface area contributed by atoms with Crippen molar-refractivity contribution in [1.82, 2.24) is 9.88 Å². The zero-order valence-corrected chi connectivity index (χ0v) is 12.8. The van der Waals surface area contributed by atoms with Gasteiger partial charge < -0.3 is 15.3 Å². The minimum atomic E-state index is -0.845. The van der Waals surface area contributed by atoms with E-state index in [0.29, 0.717) is 30.9 Å². The number of nitrogens with one attached hydrogen (secondary N) is 1. The fourth-order valence-electron chi connectivity index (χ4n) is 2.05. The summed E-state index contributed by atoms with van der Waals surface area (Å²) in [6, 6.07) is 3.25. The fourth-order valence-corrected chi connectivity index (χ4v) is 2.05. The monoisotopic (exact) mass is 293 g/mol. The van der Waals surface area contributed by atoms with Gasteiger partial charge in [0.15, 0.2) is 0 Å². The molecule has 0 fully saturated rings. The first-order valence-corrected chi connectivity index (χ1v) is 7.25. The molecule has 0 aromatic carbocycles. The zero-order chi connectivity index (χ0) is 15.8. The Morgan fingerprint density at radius 3 is 2.52 bits per heavy atom. The number of carboxylic acids is 1. The van der Waals surface area contributed by atoms with Crippen molar-refractivity contribution < 1.29 is 14.7 Å². The third-order valence-electron chi connectivity index (χ3n) is 3.31. The predicted octanol–water partition coefficient (Wildman–Crippen LogP) is 2.23. The van der Waals surface area contributed by atoms with Crippen LogP contribution in [0.4, 0.5) is 5.69 Å². The van der Waals surface area contributed by atoms with E-state index >= 15 is 0 Å². The molecule has 1 heterocycles. The normalized spacial score (nSPS) is 11.8. The van der Waals surface area contributed by atoms with E-state index in [4.69, 9.17) is 5.11 Å². The van der Waals surface area contributed by atoms with Gasteiger partial charge in [0.25, 0.3) is 5.91 Å². The van der Waals surface area contributed by atoms with Gasteiger partial charge in [-0.15, -0.1) is 0 Å². The van der Waals surface area contributed by atoms with Crippen molar-refractivity contribution in [2.24, 2.45) is 0 Å². The van der Waals surface area contributed by atoms with Gasteiger partial charge in [0.1, 0.15) is 5.69 Å². The number of carboxylic acid groups (broad SMARTS) is 1. The summed E-state index contributed by atoms with van der Waals surface area (Å²) >= 11 is 0. The Hall–Kier alpha value is -2.11. The number of aromatic nitrogens is 1. The molecular weight excluding hydrogens is 270 g/mol. The molecule has 0 aliphatic rings. The Morgan fingerprint density at radius 2 is 2.00 bits per heavy atom. The van der Waals surface area contributed by atoms with Gasteiger partial charge in [-0.1, -0.05) is 6.92 Å². The van der Waals surface area contributed by atoms with Gasteiger partial charge in [-0.25, -0.2) is 0 Å². The summed E-state index contributed by atoms with van der Waals surface area (Å²) < 4.78 is 0. The standard InChI is InChI=1S/C15H23N3O3/c1-4-11(10-14(19)20)17-12-7-8-16-13(9-12)15(21)18(5-2)6-3/h7-9,11H,4-6,10H2,1-3H3,(H,16,17)(H,19,20). The lowest BCUT2D eigenvalue weighted by molar-refractivity contribution is -0.137. The van der Waals surface area contributed by atoms with Crippen molar-refractivity contribution >= 4 is 17.6 Å².